The summed E-state index contributed by atoms with van der Waals surface area (Å²) in [6.45, 7) is 8.24. The number of halogens is 1. The van der Waals surface area contributed by atoms with Crippen molar-refractivity contribution in [2.45, 2.75) is 27.3 Å². The first kappa shape index (κ1) is 17.2. The van der Waals surface area contributed by atoms with Gasteiger partial charge in [0.25, 0.3) is 0 Å². The molecule has 0 aliphatic heterocycles. The molecule has 0 fully saturated rings. The molecule has 102 valence electrons. The number of nitrogens with one attached hydrogen (secondary N) is 2. The first-order valence-electron chi connectivity index (χ1n) is 6.12. The maximum absolute atomic E-state index is 4.20. The molecule has 0 atom stereocenters. The minimum absolute atomic E-state index is 0. The third-order valence-corrected chi connectivity index (χ3v) is 2.61. The number of nitrogens with zero attached hydrogens (tertiary/aromatic N) is 1. The van der Waals surface area contributed by atoms with Crippen LogP contribution in [0.5, 0.6) is 0 Å². The van der Waals surface area contributed by atoms with Gasteiger partial charge in [-0.3, -0.25) is 4.99 Å². The minimum Gasteiger partial charge on any atom is -0.356 e. The fourth-order valence-corrected chi connectivity index (χ4v) is 1.51. The maximum Gasteiger partial charge on any atom is 0.191 e. The molecule has 0 aliphatic rings. The highest BCUT2D eigenvalue weighted by Crippen LogP contribution is 2.05. The fraction of sp³-hybridized carbons (Fsp3) is 0.500. The first-order chi connectivity index (χ1) is 8.13. The van der Waals surface area contributed by atoms with Gasteiger partial charge in [0.15, 0.2) is 5.96 Å². The van der Waals surface area contributed by atoms with Crippen molar-refractivity contribution in [3.63, 3.8) is 0 Å². The van der Waals surface area contributed by atoms with Crippen LogP contribution in [0, 0.1) is 12.8 Å². The van der Waals surface area contributed by atoms with Crippen LogP contribution in [0.4, 0.5) is 0 Å². The van der Waals surface area contributed by atoms with Crippen LogP contribution in [-0.4, -0.2) is 19.6 Å². The summed E-state index contributed by atoms with van der Waals surface area (Å²) in [7, 11) is 1.80. The zero-order valence-electron chi connectivity index (χ0n) is 11.7. The van der Waals surface area contributed by atoms with E-state index in [4.69, 9.17) is 0 Å². The molecule has 1 rings (SSSR count). The summed E-state index contributed by atoms with van der Waals surface area (Å²) in [5.74, 6) is 1.48. The van der Waals surface area contributed by atoms with Crippen molar-refractivity contribution < 1.29 is 0 Å². The van der Waals surface area contributed by atoms with E-state index in [0.29, 0.717) is 5.92 Å². The zero-order valence-corrected chi connectivity index (χ0v) is 14.0. The van der Waals surface area contributed by atoms with Gasteiger partial charge in [0.1, 0.15) is 0 Å². The van der Waals surface area contributed by atoms with E-state index in [-0.39, 0.29) is 24.0 Å². The molecule has 0 aromatic heterocycles. The van der Waals surface area contributed by atoms with Gasteiger partial charge in [-0.1, -0.05) is 38.1 Å². The lowest BCUT2D eigenvalue weighted by Crippen LogP contribution is -2.38. The summed E-state index contributed by atoms with van der Waals surface area (Å²) in [5.41, 5.74) is 2.61. The van der Waals surface area contributed by atoms with Gasteiger partial charge in [-0.2, -0.15) is 0 Å². The molecule has 1 aromatic carbocycles. The number of aliphatic imine (C=N–C) groups is 1. The fourth-order valence-electron chi connectivity index (χ4n) is 1.51. The van der Waals surface area contributed by atoms with E-state index in [1.54, 1.807) is 7.05 Å². The number of hydrogen-bond donors (Lipinski definition) is 2. The number of guanidine groups is 1. The first-order valence-corrected chi connectivity index (χ1v) is 6.12. The molecule has 4 heteroatoms. The van der Waals surface area contributed by atoms with Gasteiger partial charge in [0.2, 0.25) is 0 Å². The standard InChI is InChI=1S/C14H23N3.HI/c1-11(2)9-16-14(15-4)17-10-13-8-6-5-7-12(13)3;/h5-8,11H,9-10H2,1-4H3,(H2,15,16,17);1H. The second-order valence-electron chi connectivity index (χ2n) is 4.63. The Bertz CT molecular complexity index is 375. The molecule has 3 nitrogen and oxygen atoms in total. The molecule has 0 radical (unpaired) electrons. The Morgan fingerprint density at radius 1 is 1.22 bits per heavy atom. The van der Waals surface area contributed by atoms with Crippen LogP contribution in [0.15, 0.2) is 29.3 Å². The normalized spacial score (nSPS) is 11.1. The average molecular weight is 361 g/mol. The van der Waals surface area contributed by atoms with Gasteiger partial charge in [-0.25, -0.2) is 0 Å². The monoisotopic (exact) mass is 361 g/mol. The summed E-state index contributed by atoms with van der Waals surface area (Å²) in [6.07, 6.45) is 0. The van der Waals surface area contributed by atoms with Crippen molar-refractivity contribution in [1.29, 1.82) is 0 Å². The highest BCUT2D eigenvalue weighted by atomic mass is 127. The summed E-state index contributed by atoms with van der Waals surface area (Å²) in [6, 6.07) is 8.39. The smallest absolute Gasteiger partial charge is 0.191 e. The number of aryl methyl sites for hydroxylation is 1. The zero-order chi connectivity index (χ0) is 12.7. The lowest BCUT2D eigenvalue weighted by atomic mass is 10.1. The predicted octanol–water partition coefficient (Wildman–Crippen LogP) is 2.93. The van der Waals surface area contributed by atoms with Crippen LogP contribution < -0.4 is 10.6 Å². The van der Waals surface area contributed by atoms with Crippen molar-refractivity contribution >= 4 is 29.9 Å². The van der Waals surface area contributed by atoms with E-state index in [9.17, 15) is 0 Å². The minimum atomic E-state index is 0. The van der Waals surface area contributed by atoms with Crippen LogP contribution in [0.2, 0.25) is 0 Å². The molecular formula is C14H24IN3. The van der Waals surface area contributed by atoms with Gasteiger partial charge in [0.05, 0.1) is 0 Å². The van der Waals surface area contributed by atoms with E-state index in [1.807, 2.05) is 0 Å². The molecule has 0 saturated heterocycles. The lowest BCUT2D eigenvalue weighted by Gasteiger charge is -2.14. The molecule has 1 aromatic rings. The Kier molecular flexibility index (Phi) is 8.79. The summed E-state index contributed by atoms with van der Waals surface area (Å²) in [4.78, 5) is 4.20. The molecule has 0 heterocycles. The molecular weight excluding hydrogens is 337 g/mol. The largest absolute Gasteiger partial charge is 0.356 e. The van der Waals surface area contributed by atoms with Gasteiger partial charge < -0.3 is 10.6 Å². The van der Waals surface area contributed by atoms with Crippen LogP contribution >= 0.6 is 24.0 Å². The number of hydrogen-bond acceptors (Lipinski definition) is 1. The Hall–Kier alpha value is -0.780. The third-order valence-electron chi connectivity index (χ3n) is 2.61. The van der Waals surface area contributed by atoms with E-state index in [0.717, 1.165) is 19.0 Å². The lowest BCUT2D eigenvalue weighted by molar-refractivity contribution is 0.614. The summed E-state index contributed by atoms with van der Waals surface area (Å²) < 4.78 is 0. The van der Waals surface area contributed by atoms with Crippen LogP contribution in [-0.2, 0) is 6.54 Å². The topological polar surface area (TPSA) is 36.4 Å². The van der Waals surface area contributed by atoms with Gasteiger partial charge in [-0.05, 0) is 24.0 Å². The summed E-state index contributed by atoms with van der Waals surface area (Å²) in [5, 5.41) is 6.62. The SMILES string of the molecule is CN=C(NCc1ccccc1C)NCC(C)C.I. The molecule has 18 heavy (non-hydrogen) atoms. The molecule has 0 unspecified atom stereocenters. The van der Waals surface area contributed by atoms with Gasteiger partial charge >= 0.3 is 0 Å². The van der Waals surface area contributed by atoms with E-state index in [1.165, 1.54) is 11.1 Å². The van der Waals surface area contributed by atoms with E-state index in [2.05, 4.69) is 60.7 Å². The van der Waals surface area contributed by atoms with Crippen molar-refractivity contribution in [2.24, 2.45) is 10.9 Å². The molecule has 0 spiro atoms. The quantitative estimate of drug-likeness (QED) is 0.492. The second-order valence-corrected chi connectivity index (χ2v) is 4.63. The number of benzene rings is 1. The highest BCUT2D eigenvalue weighted by Gasteiger charge is 2.00. The summed E-state index contributed by atoms with van der Waals surface area (Å²) >= 11 is 0. The average Bonchev–Trinajstić information content (AvgIpc) is 2.31. The van der Waals surface area contributed by atoms with Crippen LogP contribution in [0.3, 0.4) is 0 Å². The number of rotatable bonds is 4. The van der Waals surface area contributed by atoms with E-state index < -0.39 is 0 Å². The van der Waals surface area contributed by atoms with Crippen LogP contribution in [0.1, 0.15) is 25.0 Å². The van der Waals surface area contributed by atoms with Crippen molar-refractivity contribution in [1.82, 2.24) is 10.6 Å². The van der Waals surface area contributed by atoms with Crippen molar-refractivity contribution in [2.75, 3.05) is 13.6 Å². The Balaban J connectivity index is 0.00000289. The molecule has 0 amide bonds. The van der Waals surface area contributed by atoms with Crippen molar-refractivity contribution in [3.8, 4) is 0 Å². The third kappa shape index (κ3) is 6.23. The van der Waals surface area contributed by atoms with Crippen LogP contribution in [0.25, 0.3) is 0 Å². The maximum atomic E-state index is 4.20. The Morgan fingerprint density at radius 3 is 2.44 bits per heavy atom. The predicted molar refractivity (Wildman–Crippen MR) is 89.6 cm³/mol. The van der Waals surface area contributed by atoms with Crippen molar-refractivity contribution in [3.05, 3.63) is 35.4 Å². The molecule has 0 aliphatic carbocycles. The van der Waals surface area contributed by atoms with Gasteiger partial charge in [0, 0.05) is 20.1 Å². The molecule has 0 bridgehead atoms. The van der Waals surface area contributed by atoms with Gasteiger partial charge in [-0.15, -0.1) is 24.0 Å². The highest BCUT2D eigenvalue weighted by molar-refractivity contribution is 14.0. The molecule has 0 saturated carbocycles. The second kappa shape index (κ2) is 9.19. The van der Waals surface area contributed by atoms with E-state index >= 15 is 0 Å². The Labute approximate surface area is 127 Å². The Morgan fingerprint density at radius 2 is 1.89 bits per heavy atom. The molecule has 2 N–H and O–H groups in total.